The molecule has 1 unspecified atom stereocenters. The third kappa shape index (κ3) is 3.93. The van der Waals surface area contributed by atoms with Gasteiger partial charge in [0.05, 0.1) is 17.4 Å². The van der Waals surface area contributed by atoms with Crippen LogP contribution in [0.4, 0.5) is 8.78 Å². The van der Waals surface area contributed by atoms with Crippen molar-refractivity contribution in [3.05, 3.63) is 75.8 Å². The van der Waals surface area contributed by atoms with Crippen LogP contribution in [-0.4, -0.2) is 45.5 Å². The molecule has 4 rings (SSSR count). The third-order valence-electron chi connectivity index (χ3n) is 5.81. The van der Waals surface area contributed by atoms with Crippen molar-refractivity contribution in [2.75, 3.05) is 26.2 Å². The van der Waals surface area contributed by atoms with Gasteiger partial charge in [-0.2, -0.15) is 0 Å². The Bertz CT molecular complexity index is 1090. The zero-order valence-electron chi connectivity index (χ0n) is 16.6. The minimum atomic E-state index is -0.559. The zero-order chi connectivity index (χ0) is 20.5. The van der Waals surface area contributed by atoms with E-state index in [4.69, 9.17) is 0 Å². The first-order valence-corrected chi connectivity index (χ1v) is 9.80. The molecule has 29 heavy (non-hydrogen) atoms. The molecule has 1 aliphatic heterocycles. The summed E-state index contributed by atoms with van der Waals surface area (Å²) in [6.07, 6.45) is 0. The SMILES string of the molecule is CC(c1ccc(F)cc1F)N1CCN(Cc2nc3ccccc3c(=O)n2C)CC1. The number of halogens is 2. The van der Waals surface area contributed by atoms with Crippen LogP contribution in [0.3, 0.4) is 0 Å². The highest BCUT2D eigenvalue weighted by molar-refractivity contribution is 5.77. The number of para-hydroxylation sites is 1. The fourth-order valence-corrected chi connectivity index (χ4v) is 3.95. The molecular weight excluding hydrogens is 374 g/mol. The fourth-order valence-electron chi connectivity index (χ4n) is 3.95. The normalized spacial score (nSPS) is 17.0. The second kappa shape index (κ2) is 8.00. The summed E-state index contributed by atoms with van der Waals surface area (Å²) in [6.45, 7) is 5.63. The van der Waals surface area contributed by atoms with E-state index >= 15 is 0 Å². The maximum atomic E-state index is 14.1. The first-order chi connectivity index (χ1) is 13.9. The van der Waals surface area contributed by atoms with Crippen LogP contribution in [0.5, 0.6) is 0 Å². The van der Waals surface area contributed by atoms with Gasteiger partial charge in [-0.25, -0.2) is 13.8 Å². The lowest BCUT2D eigenvalue weighted by atomic mass is 10.1. The van der Waals surface area contributed by atoms with E-state index in [1.165, 1.54) is 12.1 Å². The Kier molecular flexibility index (Phi) is 5.43. The van der Waals surface area contributed by atoms with Crippen LogP contribution < -0.4 is 5.56 Å². The van der Waals surface area contributed by atoms with Crippen molar-refractivity contribution >= 4 is 10.9 Å². The van der Waals surface area contributed by atoms with Crippen molar-refractivity contribution in [3.63, 3.8) is 0 Å². The van der Waals surface area contributed by atoms with Gasteiger partial charge in [0.1, 0.15) is 17.5 Å². The van der Waals surface area contributed by atoms with Crippen LogP contribution in [0.2, 0.25) is 0 Å². The van der Waals surface area contributed by atoms with Crippen LogP contribution in [0.1, 0.15) is 24.4 Å². The van der Waals surface area contributed by atoms with E-state index in [1.807, 2.05) is 25.1 Å². The Hall–Kier alpha value is -2.64. The van der Waals surface area contributed by atoms with Crippen molar-refractivity contribution < 1.29 is 8.78 Å². The van der Waals surface area contributed by atoms with Crippen molar-refractivity contribution in [1.29, 1.82) is 0 Å². The molecule has 1 atom stereocenters. The monoisotopic (exact) mass is 398 g/mol. The quantitative estimate of drug-likeness (QED) is 0.677. The van der Waals surface area contributed by atoms with Gasteiger partial charge in [-0.3, -0.25) is 19.2 Å². The summed E-state index contributed by atoms with van der Waals surface area (Å²) in [5.41, 5.74) is 1.19. The van der Waals surface area contributed by atoms with Crippen LogP contribution >= 0.6 is 0 Å². The number of benzene rings is 2. The average molecular weight is 398 g/mol. The topological polar surface area (TPSA) is 41.4 Å². The molecule has 0 amide bonds. The van der Waals surface area contributed by atoms with Crippen LogP contribution in [0.25, 0.3) is 10.9 Å². The number of hydrogen-bond acceptors (Lipinski definition) is 4. The van der Waals surface area contributed by atoms with Crippen LogP contribution in [0.15, 0.2) is 47.3 Å². The molecule has 0 spiro atoms. The Labute approximate surface area is 168 Å². The highest BCUT2D eigenvalue weighted by Gasteiger charge is 2.24. The smallest absolute Gasteiger partial charge is 0.261 e. The molecule has 1 saturated heterocycles. The van der Waals surface area contributed by atoms with Gasteiger partial charge < -0.3 is 0 Å². The van der Waals surface area contributed by atoms with Gasteiger partial charge >= 0.3 is 0 Å². The molecule has 0 aliphatic carbocycles. The highest BCUT2D eigenvalue weighted by atomic mass is 19.1. The van der Waals surface area contributed by atoms with E-state index in [0.717, 1.165) is 38.1 Å². The van der Waals surface area contributed by atoms with Crippen molar-refractivity contribution in [2.45, 2.75) is 19.5 Å². The number of fused-ring (bicyclic) bond motifs is 1. The maximum absolute atomic E-state index is 14.1. The Morgan fingerprint density at radius 2 is 1.79 bits per heavy atom. The molecule has 5 nitrogen and oxygen atoms in total. The minimum Gasteiger partial charge on any atom is -0.298 e. The first kappa shape index (κ1) is 19.7. The summed E-state index contributed by atoms with van der Waals surface area (Å²) in [4.78, 5) is 21.7. The zero-order valence-corrected chi connectivity index (χ0v) is 16.6. The summed E-state index contributed by atoms with van der Waals surface area (Å²) < 4.78 is 28.9. The van der Waals surface area contributed by atoms with Crippen LogP contribution in [-0.2, 0) is 13.6 Å². The minimum absolute atomic E-state index is 0.0374. The predicted octanol–water partition coefficient (Wildman–Crippen LogP) is 3.09. The molecule has 1 fully saturated rings. The molecule has 7 heteroatoms. The Balaban J connectivity index is 1.45. The average Bonchev–Trinajstić information content (AvgIpc) is 2.72. The number of piperazine rings is 1. The molecule has 0 N–H and O–H groups in total. The fraction of sp³-hybridized carbons (Fsp3) is 0.364. The van der Waals surface area contributed by atoms with E-state index in [-0.39, 0.29) is 11.6 Å². The van der Waals surface area contributed by atoms with Crippen molar-refractivity contribution in [1.82, 2.24) is 19.4 Å². The Morgan fingerprint density at radius 1 is 1.07 bits per heavy atom. The number of nitrogens with zero attached hydrogens (tertiary/aromatic N) is 4. The van der Waals surface area contributed by atoms with Crippen LogP contribution in [0, 0.1) is 11.6 Å². The third-order valence-corrected chi connectivity index (χ3v) is 5.81. The van der Waals surface area contributed by atoms with Gasteiger partial charge in [0.15, 0.2) is 0 Å². The molecule has 0 radical (unpaired) electrons. The van der Waals surface area contributed by atoms with E-state index < -0.39 is 11.6 Å². The number of aromatic nitrogens is 2. The lowest BCUT2D eigenvalue weighted by Gasteiger charge is -2.38. The summed E-state index contributed by atoms with van der Waals surface area (Å²) in [7, 11) is 1.76. The van der Waals surface area contributed by atoms with Gasteiger partial charge in [-0.15, -0.1) is 0 Å². The van der Waals surface area contributed by atoms with Gasteiger partial charge in [0.2, 0.25) is 0 Å². The molecular formula is C22H24F2N4O. The second-order valence-electron chi connectivity index (χ2n) is 7.56. The summed E-state index contributed by atoms with van der Waals surface area (Å²) in [5.74, 6) is -0.327. The van der Waals surface area contributed by atoms with E-state index in [1.54, 1.807) is 17.7 Å². The summed E-state index contributed by atoms with van der Waals surface area (Å²) in [6, 6.07) is 11.0. The number of hydrogen-bond donors (Lipinski definition) is 0. The molecule has 2 heterocycles. The standard InChI is InChI=1S/C22H24F2N4O/c1-15(17-8-7-16(23)13-19(17)24)28-11-9-27(10-12-28)14-21-25-20-6-4-3-5-18(20)22(29)26(21)2/h3-8,13,15H,9-12,14H2,1-2H3. The van der Waals surface area contributed by atoms with Crippen molar-refractivity contribution in [3.8, 4) is 0 Å². The molecule has 3 aromatic rings. The second-order valence-corrected chi connectivity index (χ2v) is 7.56. The van der Waals surface area contributed by atoms with Gasteiger partial charge in [-0.1, -0.05) is 18.2 Å². The van der Waals surface area contributed by atoms with E-state index in [9.17, 15) is 13.6 Å². The molecule has 2 aromatic carbocycles. The van der Waals surface area contributed by atoms with E-state index in [2.05, 4.69) is 14.8 Å². The summed E-state index contributed by atoms with van der Waals surface area (Å²) in [5, 5.41) is 0.624. The Morgan fingerprint density at radius 3 is 2.52 bits per heavy atom. The molecule has 0 bridgehead atoms. The first-order valence-electron chi connectivity index (χ1n) is 9.80. The molecule has 0 saturated carbocycles. The lowest BCUT2D eigenvalue weighted by Crippen LogP contribution is -2.47. The molecule has 152 valence electrons. The largest absolute Gasteiger partial charge is 0.298 e. The van der Waals surface area contributed by atoms with Gasteiger partial charge in [-0.05, 0) is 25.1 Å². The molecule has 1 aliphatic rings. The maximum Gasteiger partial charge on any atom is 0.261 e. The number of rotatable bonds is 4. The predicted molar refractivity (Wildman–Crippen MR) is 109 cm³/mol. The highest BCUT2D eigenvalue weighted by Crippen LogP contribution is 2.25. The molecule has 1 aromatic heterocycles. The van der Waals surface area contributed by atoms with E-state index in [0.29, 0.717) is 23.0 Å². The summed E-state index contributed by atoms with van der Waals surface area (Å²) >= 11 is 0. The van der Waals surface area contributed by atoms with Crippen molar-refractivity contribution in [2.24, 2.45) is 7.05 Å². The van der Waals surface area contributed by atoms with Gasteiger partial charge in [0, 0.05) is 50.9 Å². The van der Waals surface area contributed by atoms with Gasteiger partial charge in [0.25, 0.3) is 5.56 Å². The lowest BCUT2D eigenvalue weighted by molar-refractivity contribution is 0.0941.